The van der Waals surface area contributed by atoms with Crippen molar-refractivity contribution in [1.82, 2.24) is 10.3 Å². The van der Waals surface area contributed by atoms with Gasteiger partial charge in [0.25, 0.3) is 0 Å². The van der Waals surface area contributed by atoms with Gasteiger partial charge in [-0.25, -0.2) is 4.98 Å². The van der Waals surface area contributed by atoms with E-state index in [9.17, 15) is 4.79 Å². The zero-order valence-electron chi connectivity index (χ0n) is 10.4. The quantitative estimate of drug-likeness (QED) is 0.795. The van der Waals surface area contributed by atoms with Crippen molar-refractivity contribution in [2.45, 2.75) is 33.2 Å². The summed E-state index contributed by atoms with van der Waals surface area (Å²) in [6, 6.07) is 1.96. The number of pyridine rings is 1. The maximum atomic E-state index is 11.7. The van der Waals surface area contributed by atoms with Gasteiger partial charge in [-0.2, -0.15) is 0 Å². The molecule has 1 aromatic heterocycles. The second kappa shape index (κ2) is 6.57. The predicted molar refractivity (Wildman–Crippen MR) is 70.4 cm³/mol. The van der Waals surface area contributed by atoms with E-state index in [0.717, 1.165) is 12.1 Å². The number of aromatic nitrogens is 1. The van der Waals surface area contributed by atoms with Crippen molar-refractivity contribution in [2.75, 3.05) is 11.9 Å². The van der Waals surface area contributed by atoms with E-state index >= 15 is 0 Å². The van der Waals surface area contributed by atoms with Crippen molar-refractivity contribution < 1.29 is 4.79 Å². The Morgan fingerprint density at radius 3 is 2.94 bits per heavy atom. The van der Waals surface area contributed by atoms with E-state index in [2.05, 4.69) is 15.6 Å². The van der Waals surface area contributed by atoms with Crippen LogP contribution in [0.5, 0.6) is 0 Å². The molecule has 4 nitrogen and oxygen atoms in total. The second-order valence-corrected chi connectivity index (χ2v) is 4.42. The third-order valence-corrected chi connectivity index (χ3v) is 2.60. The van der Waals surface area contributed by atoms with E-state index in [1.54, 1.807) is 6.20 Å². The first-order valence-electron chi connectivity index (χ1n) is 5.68. The molecule has 17 heavy (non-hydrogen) atoms. The first-order chi connectivity index (χ1) is 8.02. The number of hydrogen-bond donors (Lipinski definition) is 2. The van der Waals surface area contributed by atoms with Gasteiger partial charge in [-0.3, -0.25) is 4.79 Å². The largest absolute Gasteiger partial charge is 0.323 e. The summed E-state index contributed by atoms with van der Waals surface area (Å²) < 4.78 is 0. The number of aryl methyl sites for hydroxylation is 1. The van der Waals surface area contributed by atoms with Crippen molar-refractivity contribution >= 4 is 23.2 Å². The molecule has 0 saturated carbocycles. The zero-order valence-corrected chi connectivity index (χ0v) is 11.1. The highest BCUT2D eigenvalue weighted by atomic mass is 35.5. The van der Waals surface area contributed by atoms with Crippen LogP contribution in [0.4, 0.5) is 5.69 Å². The van der Waals surface area contributed by atoms with E-state index in [4.69, 9.17) is 11.6 Å². The van der Waals surface area contributed by atoms with Gasteiger partial charge in [-0.1, -0.05) is 18.5 Å². The number of anilines is 1. The Bertz CT molecular complexity index is 395. The number of rotatable bonds is 5. The maximum absolute atomic E-state index is 11.7. The van der Waals surface area contributed by atoms with Gasteiger partial charge in [0.2, 0.25) is 5.91 Å². The molecular weight excluding hydrogens is 238 g/mol. The van der Waals surface area contributed by atoms with E-state index in [0.29, 0.717) is 17.3 Å². The normalized spacial score (nSPS) is 12.2. The lowest BCUT2D eigenvalue weighted by atomic mass is 10.2. The van der Waals surface area contributed by atoms with Crippen LogP contribution in [0.1, 0.15) is 25.8 Å². The summed E-state index contributed by atoms with van der Waals surface area (Å²) in [6.07, 6.45) is 2.08. The molecule has 0 bridgehead atoms. The average Bonchev–Trinajstić information content (AvgIpc) is 2.23. The molecule has 2 N–H and O–H groups in total. The molecule has 1 heterocycles. The van der Waals surface area contributed by atoms with Crippen LogP contribution in [0.2, 0.25) is 5.15 Å². The molecule has 0 aliphatic carbocycles. The molecule has 0 aliphatic rings. The average molecular weight is 256 g/mol. The Hall–Kier alpha value is -1.13. The second-order valence-electron chi connectivity index (χ2n) is 4.06. The Kier molecular flexibility index (Phi) is 5.38. The first kappa shape index (κ1) is 13.9. The summed E-state index contributed by atoms with van der Waals surface area (Å²) in [5.41, 5.74) is 1.53. The smallest absolute Gasteiger partial charge is 0.226 e. The molecule has 1 amide bonds. The Morgan fingerprint density at radius 1 is 1.59 bits per heavy atom. The number of hydrogen-bond acceptors (Lipinski definition) is 3. The Labute approximate surface area is 107 Å². The lowest BCUT2D eigenvalue weighted by Gasteiger charge is -2.12. The minimum absolute atomic E-state index is 0.0623. The Morgan fingerprint density at radius 2 is 2.29 bits per heavy atom. The van der Waals surface area contributed by atoms with Crippen molar-refractivity contribution in [2.24, 2.45) is 0 Å². The lowest BCUT2D eigenvalue weighted by molar-refractivity contribution is -0.116. The fourth-order valence-electron chi connectivity index (χ4n) is 1.54. The third-order valence-electron chi connectivity index (χ3n) is 2.29. The molecule has 94 valence electrons. The SMILES string of the molecule is CCNC(C)CC(=O)Nc1cc(C)cnc1Cl. The number of nitrogens with zero attached hydrogens (tertiary/aromatic N) is 1. The highest BCUT2D eigenvalue weighted by molar-refractivity contribution is 6.32. The number of amides is 1. The van der Waals surface area contributed by atoms with Crippen LogP contribution in [-0.4, -0.2) is 23.5 Å². The number of nitrogens with one attached hydrogen (secondary N) is 2. The van der Waals surface area contributed by atoms with E-state index in [1.807, 2.05) is 26.8 Å². The van der Waals surface area contributed by atoms with Gasteiger partial charge in [0.15, 0.2) is 5.15 Å². The van der Waals surface area contributed by atoms with Gasteiger partial charge < -0.3 is 10.6 Å². The minimum Gasteiger partial charge on any atom is -0.323 e. The van der Waals surface area contributed by atoms with E-state index < -0.39 is 0 Å². The molecule has 1 atom stereocenters. The molecule has 0 fully saturated rings. The molecular formula is C12H18ClN3O. The Balaban J connectivity index is 2.58. The summed E-state index contributed by atoms with van der Waals surface area (Å²) in [5.74, 6) is -0.0623. The molecule has 5 heteroatoms. The monoisotopic (exact) mass is 255 g/mol. The molecule has 1 rings (SSSR count). The van der Waals surface area contributed by atoms with Crippen LogP contribution < -0.4 is 10.6 Å². The molecule has 0 spiro atoms. The molecule has 0 radical (unpaired) electrons. The first-order valence-corrected chi connectivity index (χ1v) is 6.06. The minimum atomic E-state index is -0.0623. The van der Waals surface area contributed by atoms with Crippen molar-refractivity contribution in [3.63, 3.8) is 0 Å². The maximum Gasteiger partial charge on any atom is 0.226 e. The van der Waals surface area contributed by atoms with Gasteiger partial charge in [-0.05, 0) is 32.0 Å². The molecule has 1 aromatic rings. The summed E-state index contributed by atoms with van der Waals surface area (Å²) in [5, 5.41) is 6.27. The number of halogens is 1. The van der Waals surface area contributed by atoms with Crippen molar-refractivity contribution in [3.05, 3.63) is 23.0 Å². The summed E-state index contributed by atoms with van der Waals surface area (Å²) in [4.78, 5) is 15.7. The van der Waals surface area contributed by atoms with E-state index in [-0.39, 0.29) is 11.9 Å². The van der Waals surface area contributed by atoms with Crippen LogP contribution in [0.15, 0.2) is 12.3 Å². The van der Waals surface area contributed by atoms with Crippen LogP contribution >= 0.6 is 11.6 Å². The van der Waals surface area contributed by atoms with Gasteiger partial charge in [0, 0.05) is 18.7 Å². The number of carbonyl (C=O) groups is 1. The van der Waals surface area contributed by atoms with E-state index in [1.165, 1.54) is 0 Å². The topological polar surface area (TPSA) is 54.0 Å². The van der Waals surface area contributed by atoms with Crippen LogP contribution in [0.25, 0.3) is 0 Å². The van der Waals surface area contributed by atoms with Crippen LogP contribution in [0, 0.1) is 6.92 Å². The zero-order chi connectivity index (χ0) is 12.8. The highest BCUT2D eigenvalue weighted by Crippen LogP contribution is 2.19. The fourth-order valence-corrected chi connectivity index (χ4v) is 1.69. The fraction of sp³-hybridized carbons (Fsp3) is 0.500. The number of carbonyl (C=O) groups excluding carboxylic acids is 1. The molecule has 0 saturated heterocycles. The van der Waals surface area contributed by atoms with Gasteiger partial charge in [-0.15, -0.1) is 0 Å². The summed E-state index contributed by atoms with van der Waals surface area (Å²) >= 11 is 5.90. The summed E-state index contributed by atoms with van der Waals surface area (Å²) in [7, 11) is 0. The van der Waals surface area contributed by atoms with Gasteiger partial charge in [0.1, 0.15) is 0 Å². The van der Waals surface area contributed by atoms with Gasteiger partial charge >= 0.3 is 0 Å². The predicted octanol–water partition coefficient (Wildman–Crippen LogP) is 2.37. The third kappa shape index (κ3) is 4.71. The standard InChI is InChI=1S/C12H18ClN3O/c1-4-14-9(3)6-11(17)16-10-5-8(2)7-15-12(10)13/h5,7,9,14H,4,6H2,1-3H3,(H,16,17). The van der Waals surface area contributed by atoms with Gasteiger partial charge in [0.05, 0.1) is 5.69 Å². The highest BCUT2D eigenvalue weighted by Gasteiger charge is 2.10. The molecule has 0 aromatic carbocycles. The van der Waals surface area contributed by atoms with Crippen molar-refractivity contribution in [1.29, 1.82) is 0 Å². The van der Waals surface area contributed by atoms with Crippen LogP contribution in [-0.2, 0) is 4.79 Å². The summed E-state index contributed by atoms with van der Waals surface area (Å²) in [6.45, 7) is 6.73. The molecule has 1 unspecified atom stereocenters. The molecule has 0 aliphatic heterocycles. The van der Waals surface area contributed by atoms with Crippen LogP contribution in [0.3, 0.4) is 0 Å². The van der Waals surface area contributed by atoms with Crippen molar-refractivity contribution in [3.8, 4) is 0 Å². The lowest BCUT2D eigenvalue weighted by Crippen LogP contribution is -2.30.